The standard InChI is InChI=1S/C14H11ClFNO2/c15-10-3-1-2-9(6-10)7-14(19)17-13-5-4-11(18)8-12(13)16/h1-6,8,18H,7H2,(H,17,19). The highest BCUT2D eigenvalue weighted by Crippen LogP contribution is 2.19. The fourth-order valence-corrected chi connectivity index (χ4v) is 1.85. The minimum Gasteiger partial charge on any atom is -0.508 e. The Balaban J connectivity index is 2.05. The molecule has 3 nitrogen and oxygen atoms in total. The molecular weight excluding hydrogens is 269 g/mol. The number of carbonyl (C=O) groups excluding carboxylic acids is 1. The molecule has 1 amide bonds. The van der Waals surface area contributed by atoms with Crippen molar-refractivity contribution in [1.82, 2.24) is 0 Å². The molecule has 19 heavy (non-hydrogen) atoms. The summed E-state index contributed by atoms with van der Waals surface area (Å²) in [6.45, 7) is 0. The maximum atomic E-state index is 13.4. The van der Waals surface area contributed by atoms with Gasteiger partial charge in [-0.25, -0.2) is 4.39 Å². The van der Waals surface area contributed by atoms with Crippen molar-refractivity contribution in [2.45, 2.75) is 6.42 Å². The number of phenolic OH excluding ortho intramolecular Hbond substituents is 1. The predicted octanol–water partition coefficient (Wildman–Crippen LogP) is 3.37. The van der Waals surface area contributed by atoms with Crippen LogP contribution in [0.25, 0.3) is 0 Å². The van der Waals surface area contributed by atoms with Crippen molar-refractivity contribution in [1.29, 1.82) is 0 Å². The first-order valence-electron chi connectivity index (χ1n) is 5.57. The van der Waals surface area contributed by atoms with Gasteiger partial charge in [-0.1, -0.05) is 23.7 Å². The van der Waals surface area contributed by atoms with Gasteiger partial charge in [0.05, 0.1) is 12.1 Å². The van der Waals surface area contributed by atoms with Gasteiger partial charge in [0.2, 0.25) is 5.91 Å². The van der Waals surface area contributed by atoms with Gasteiger partial charge in [-0.15, -0.1) is 0 Å². The Labute approximate surface area is 114 Å². The minimum atomic E-state index is -0.681. The highest BCUT2D eigenvalue weighted by atomic mass is 35.5. The number of anilines is 1. The molecule has 2 N–H and O–H groups in total. The Morgan fingerprint density at radius 1 is 1.26 bits per heavy atom. The number of halogens is 2. The van der Waals surface area contributed by atoms with E-state index in [0.717, 1.165) is 11.6 Å². The average Bonchev–Trinajstić information content (AvgIpc) is 2.33. The number of benzene rings is 2. The van der Waals surface area contributed by atoms with Gasteiger partial charge in [0.25, 0.3) is 0 Å². The van der Waals surface area contributed by atoms with Crippen LogP contribution in [0.15, 0.2) is 42.5 Å². The van der Waals surface area contributed by atoms with Crippen molar-refractivity contribution < 1.29 is 14.3 Å². The summed E-state index contributed by atoms with van der Waals surface area (Å²) in [4.78, 5) is 11.7. The van der Waals surface area contributed by atoms with Crippen LogP contribution in [0.3, 0.4) is 0 Å². The largest absolute Gasteiger partial charge is 0.508 e. The lowest BCUT2D eigenvalue weighted by atomic mass is 10.1. The summed E-state index contributed by atoms with van der Waals surface area (Å²) in [5, 5.41) is 12.0. The summed E-state index contributed by atoms with van der Waals surface area (Å²) in [5.74, 6) is -1.23. The molecule has 5 heteroatoms. The van der Waals surface area contributed by atoms with Crippen LogP contribution in [-0.2, 0) is 11.2 Å². The van der Waals surface area contributed by atoms with E-state index in [1.165, 1.54) is 12.1 Å². The molecule has 0 aliphatic rings. The SMILES string of the molecule is O=C(Cc1cccc(Cl)c1)Nc1ccc(O)cc1F. The highest BCUT2D eigenvalue weighted by Gasteiger charge is 2.08. The van der Waals surface area contributed by atoms with E-state index < -0.39 is 5.82 Å². The second-order valence-corrected chi connectivity index (χ2v) is 4.46. The predicted molar refractivity (Wildman–Crippen MR) is 71.9 cm³/mol. The van der Waals surface area contributed by atoms with Gasteiger partial charge in [0.15, 0.2) is 0 Å². The molecule has 0 aliphatic carbocycles. The van der Waals surface area contributed by atoms with Gasteiger partial charge >= 0.3 is 0 Å². The Morgan fingerprint density at radius 3 is 2.74 bits per heavy atom. The summed E-state index contributed by atoms with van der Waals surface area (Å²) in [6.07, 6.45) is 0.0981. The van der Waals surface area contributed by atoms with Gasteiger partial charge in [-0.05, 0) is 29.8 Å². The number of amides is 1. The number of hydrogen-bond acceptors (Lipinski definition) is 2. The zero-order chi connectivity index (χ0) is 13.8. The van der Waals surface area contributed by atoms with Crippen LogP contribution in [0, 0.1) is 5.82 Å². The molecule has 98 valence electrons. The number of carbonyl (C=O) groups is 1. The number of hydrogen-bond donors (Lipinski definition) is 2. The summed E-state index contributed by atoms with van der Waals surface area (Å²) < 4.78 is 13.4. The third-order valence-electron chi connectivity index (χ3n) is 2.48. The number of aromatic hydroxyl groups is 1. The Kier molecular flexibility index (Phi) is 4.02. The van der Waals surface area contributed by atoms with Crippen LogP contribution in [0.5, 0.6) is 5.75 Å². The number of phenols is 1. The van der Waals surface area contributed by atoms with E-state index in [2.05, 4.69) is 5.32 Å². The summed E-state index contributed by atoms with van der Waals surface area (Å²) in [7, 11) is 0. The first kappa shape index (κ1) is 13.4. The highest BCUT2D eigenvalue weighted by molar-refractivity contribution is 6.30. The van der Waals surface area contributed by atoms with Crippen molar-refractivity contribution in [3.05, 3.63) is 58.9 Å². The lowest BCUT2D eigenvalue weighted by molar-refractivity contribution is -0.115. The van der Waals surface area contributed by atoms with Gasteiger partial charge in [0.1, 0.15) is 11.6 Å². The van der Waals surface area contributed by atoms with E-state index in [1.807, 2.05) is 0 Å². The summed E-state index contributed by atoms with van der Waals surface area (Å²) in [5.41, 5.74) is 0.772. The minimum absolute atomic E-state index is 0.0322. The van der Waals surface area contributed by atoms with Crippen molar-refractivity contribution in [3.63, 3.8) is 0 Å². The van der Waals surface area contributed by atoms with Crippen molar-refractivity contribution in [2.75, 3.05) is 5.32 Å². The molecule has 0 radical (unpaired) electrons. The Hall–Kier alpha value is -2.07. The van der Waals surface area contributed by atoms with Gasteiger partial charge < -0.3 is 10.4 Å². The molecular formula is C14H11ClFNO2. The monoisotopic (exact) mass is 279 g/mol. The topological polar surface area (TPSA) is 49.3 Å². The molecule has 0 atom stereocenters. The molecule has 0 heterocycles. The van der Waals surface area contributed by atoms with Gasteiger partial charge in [0, 0.05) is 11.1 Å². The van der Waals surface area contributed by atoms with E-state index in [1.54, 1.807) is 24.3 Å². The van der Waals surface area contributed by atoms with E-state index >= 15 is 0 Å². The summed E-state index contributed by atoms with van der Waals surface area (Å²) >= 11 is 5.81. The summed E-state index contributed by atoms with van der Waals surface area (Å²) in [6, 6.07) is 10.4. The van der Waals surface area contributed by atoms with Crippen molar-refractivity contribution >= 4 is 23.2 Å². The van der Waals surface area contributed by atoms with E-state index in [0.29, 0.717) is 5.02 Å². The zero-order valence-corrected chi connectivity index (χ0v) is 10.6. The molecule has 2 aromatic carbocycles. The van der Waals surface area contributed by atoms with Crippen LogP contribution < -0.4 is 5.32 Å². The van der Waals surface area contributed by atoms with Crippen LogP contribution in [-0.4, -0.2) is 11.0 Å². The molecule has 0 spiro atoms. The maximum absolute atomic E-state index is 13.4. The van der Waals surface area contributed by atoms with Crippen LogP contribution in [0.2, 0.25) is 5.02 Å². The van der Waals surface area contributed by atoms with Crippen LogP contribution in [0.1, 0.15) is 5.56 Å². The molecule has 2 aromatic rings. The maximum Gasteiger partial charge on any atom is 0.228 e. The van der Waals surface area contributed by atoms with Gasteiger partial charge in [-0.3, -0.25) is 4.79 Å². The van der Waals surface area contributed by atoms with Crippen molar-refractivity contribution in [3.8, 4) is 5.75 Å². The molecule has 2 rings (SSSR count). The molecule has 0 bridgehead atoms. The smallest absolute Gasteiger partial charge is 0.228 e. The van der Waals surface area contributed by atoms with E-state index in [9.17, 15) is 9.18 Å². The second-order valence-electron chi connectivity index (χ2n) is 4.02. The lowest BCUT2D eigenvalue weighted by Crippen LogP contribution is -2.15. The average molecular weight is 280 g/mol. The fourth-order valence-electron chi connectivity index (χ4n) is 1.63. The van der Waals surface area contributed by atoms with E-state index in [4.69, 9.17) is 16.7 Å². The third-order valence-corrected chi connectivity index (χ3v) is 2.72. The quantitative estimate of drug-likeness (QED) is 0.847. The molecule has 0 unspecified atom stereocenters. The first-order valence-corrected chi connectivity index (χ1v) is 5.95. The number of nitrogens with one attached hydrogen (secondary N) is 1. The molecule has 0 aromatic heterocycles. The normalized spacial score (nSPS) is 10.2. The number of rotatable bonds is 3. The fraction of sp³-hybridized carbons (Fsp3) is 0.0714. The van der Waals surface area contributed by atoms with Gasteiger partial charge in [-0.2, -0.15) is 0 Å². The molecule has 0 saturated carbocycles. The lowest BCUT2D eigenvalue weighted by Gasteiger charge is -2.07. The molecule has 0 aliphatic heterocycles. The first-order chi connectivity index (χ1) is 9.04. The Morgan fingerprint density at radius 2 is 2.05 bits per heavy atom. The van der Waals surface area contributed by atoms with Crippen LogP contribution >= 0.6 is 11.6 Å². The Bertz CT molecular complexity index is 616. The molecule has 0 fully saturated rings. The molecule has 0 saturated heterocycles. The second kappa shape index (κ2) is 5.71. The van der Waals surface area contributed by atoms with Crippen molar-refractivity contribution in [2.24, 2.45) is 0 Å². The third kappa shape index (κ3) is 3.69. The zero-order valence-electron chi connectivity index (χ0n) is 9.86. The van der Waals surface area contributed by atoms with E-state index in [-0.39, 0.29) is 23.8 Å². The van der Waals surface area contributed by atoms with Crippen LogP contribution in [0.4, 0.5) is 10.1 Å².